The van der Waals surface area contributed by atoms with E-state index in [-0.39, 0.29) is 19.0 Å². The number of para-hydroxylation sites is 2. The first-order chi connectivity index (χ1) is 13.7. The van der Waals surface area contributed by atoms with Crippen LogP contribution in [0.15, 0.2) is 83.3 Å². The van der Waals surface area contributed by atoms with Crippen molar-refractivity contribution in [2.45, 2.75) is 13.2 Å². The van der Waals surface area contributed by atoms with E-state index in [1.165, 1.54) is 6.07 Å². The van der Waals surface area contributed by atoms with E-state index < -0.39 is 11.8 Å². The molecule has 0 aliphatic heterocycles. The van der Waals surface area contributed by atoms with Crippen LogP contribution in [0.1, 0.15) is 21.7 Å². The van der Waals surface area contributed by atoms with Crippen LogP contribution < -0.4 is 4.74 Å². The Morgan fingerprint density at radius 3 is 2.39 bits per heavy atom. The van der Waals surface area contributed by atoms with Crippen molar-refractivity contribution in [1.82, 2.24) is 0 Å². The Bertz CT molecular complexity index is 1100. The molecule has 3 aromatic carbocycles. The molecule has 140 valence electrons. The lowest BCUT2D eigenvalue weighted by Crippen LogP contribution is -2.09. The predicted octanol–water partition coefficient (Wildman–Crippen LogP) is 5.51. The molecule has 0 saturated heterocycles. The third kappa shape index (κ3) is 3.74. The molecule has 1 heterocycles. The number of esters is 1. The molecule has 0 atom stereocenters. The molecule has 0 aliphatic carbocycles. The Hall–Kier alpha value is -3.60. The minimum atomic E-state index is -0.661. The maximum Gasteiger partial charge on any atom is 0.375 e. The van der Waals surface area contributed by atoms with Crippen LogP contribution in [0.3, 0.4) is 0 Å². The zero-order valence-electron chi connectivity index (χ0n) is 14.9. The van der Waals surface area contributed by atoms with E-state index in [0.29, 0.717) is 22.5 Å². The number of hydrogen-bond acceptors (Lipinski definition) is 4. The quantitative estimate of drug-likeness (QED) is 0.417. The molecule has 0 N–H and O–H groups in total. The number of carbonyl (C=O) groups excluding carboxylic acids is 1. The lowest BCUT2D eigenvalue weighted by molar-refractivity contribution is 0.0431. The van der Waals surface area contributed by atoms with Crippen molar-refractivity contribution in [2.75, 3.05) is 0 Å². The Morgan fingerprint density at radius 1 is 0.857 bits per heavy atom. The normalized spacial score (nSPS) is 10.8. The van der Waals surface area contributed by atoms with Gasteiger partial charge < -0.3 is 13.9 Å². The SMILES string of the molecule is O=C(OCc1ccccc1F)c1oc2ccccc2c1COc1ccccc1. The highest BCUT2D eigenvalue weighted by atomic mass is 19.1. The molecule has 0 aliphatic rings. The van der Waals surface area contributed by atoms with Crippen LogP contribution in [0, 0.1) is 5.82 Å². The van der Waals surface area contributed by atoms with Crippen molar-refractivity contribution in [3.05, 3.63) is 102 Å². The van der Waals surface area contributed by atoms with Crippen LogP contribution in [-0.2, 0) is 18.0 Å². The molecule has 0 radical (unpaired) electrons. The smallest absolute Gasteiger partial charge is 0.375 e. The third-order valence-electron chi connectivity index (χ3n) is 4.33. The fourth-order valence-electron chi connectivity index (χ4n) is 2.90. The molecule has 0 spiro atoms. The molecule has 4 aromatic rings. The van der Waals surface area contributed by atoms with Gasteiger partial charge in [0.25, 0.3) is 0 Å². The largest absolute Gasteiger partial charge is 0.489 e. The molecule has 4 nitrogen and oxygen atoms in total. The summed E-state index contributed by atoms with van der Waals surface area (Å²) in [7, 11) is 0. The molecule has 28 heavy (non-hydrogen) atoms. The van der Waals surface area contributed by atoms with E-state index >= 15 is 0 Å². The summed E-state index contributed by atoms with van der Waals surface area (Å²) in [5, 5.41) is 0.774. The first-order valence-electron chi connectivity index (χ1n) is 8.81. The molecule has 5 heteroatoms. The summed E-state index contributed by atoms with van der Waals surface area (Å²) < 4.78 is 30.6. The summed E-state index contributed by atoms with van der Waals surface area (Å²) in [6, 6.07) is 22.8. The van der Waals surface area contributed by atoms with E-state index in [0.717, 1.165) is 5.39 Å². The van der Waals surface area contributed by atoms with Gasteiger partial charge in [-0.3, -0.25) is 0 Å². The van der Waals surface area contributed by atoms with Gasteiger partial charge in [-0.15, -0.1) is 0 Å². The number of hydrogen-bond donors (Lipinski definition) is 0. The minimum Gasteiger partial charge on any atom is -0.489 e. The first kappa shape index (κ1) is 17.8. The van der Waals surface area contributed by atoms with E-state index in [1.54, 1.807) is 24.3 Å². The molecule has 0 fully saturated rings. The van der Waals surface area contributed by atoms with Crippen molar-refractivity contribution in [2.24, 2.45) is 0 Å². The van der Waals surface area contributed by atoms with Gasteiger partial charge in [-0.05, 0) is 24.3 Å². The van der Waals surface area contributed by atoms with Gasteiger partial charge in [0.05, 0.1) is 5.56 Å². The number of carbonyl (C=O) groups is 1. The van der Waals surface area contributed by atoms with Gasteiger partial charge in [0.1, 0.15) is 30.4 Å². The van der Waals surface area contributed by atoms with Gasteiger partial charge in [0.15, 0.2) is 0 Å². The van der Waals surface area contributed by atoms with Gasteiger partial charge in [-0.1, -0.05) is 54.6 Å². The number of ether oxygens (including phenoxy) is 2. The van der Waals surface area contributed by atoms with Crippen molar-refractivity contribution >= 4 is 16.9 Å². The summed E-state index contributed by atoms with van der Waals surface area (Å²) in [4.78, 5) is 12.6. The summed E-state index contributed by atoms with van der Waals surface area (Å²) in [5.41, 5.74) is 1.46. The van der Waals surface area contributed by atoms with Crippen LogP contribution in [0.25, 0.3) is 11.0 Å². The van der Waals surface area contributed by atoms with Crippen LogP contribution in [-0.4, -0.2) is 5.97 Å². The molecular formula is C23H17FO4. The van der Waals surface area contributed by atoms with Crippen molar-refractivity contribution in [1.29, 1.82) is 0 Å². The molecule has 4 rings (SSSR count). The highest BCUT2D eigenvalue weighted by Crippen LogP contribution is 2.28. The summed E-state index contributed by atoms with van der Waals surface area (Å²) in [6.45, 7) is -0.0350. The van der Waals surface area contributed by atoms with E-state index in [1.807, 2.05) is 48.5 Å². The lowest BCUT2D eigenvalue weighted by atomic mass is 10.1. The third-order valence-corrected chi connectivity index (χ3v) is 4.33. The Morgan fingerprint density at radius 2 is 1.57 bits per heavy atom. The van der Waals surface area contributed by atoms with Gasteiger partial charge >= 0.3 is 5.97 Å². The zero-order chi connectivity index (χ0) is 19.3. The molecule has 0 amide bonds. The van der Waals surface area contributed by atoms with E-state index in [2.05, 4.69) is 0 Å². The minimum absolute atomic E-state index is 0.0634. The zero-order valence-corrected chi connectivity index (χ0v) is 14.9. The number of furan rings is 1. The topological polar surface area (TPSA) is 48.7 Å². The fourth-order valence-corrected chi connectivity index (χ4v) is 2.90. The molecule has 1 aromatic heterocycles. The van der Waals surface area contributed by atoms with Gasteiger partial charge in [-0.2, -0.15) is 0 Å². The van der Waals surface area contributed by atoms with Gasteiger partial charge in [-0.25, -0.2) is 9.18 Å². The van der Waals surface area contributed by atoms with Crippen molar-refractivity contribution in [3.8, 4) is 5.75 Å². The average molecular weight is 376 g/mol. The summed E-state index contributed by atoms with van der Waals surface area (Å²) in [5.74, 6) is -0.342. The van der Waals surface area contributed by atoms with Crippen LogP contribution >= 0.6 is 0 Å². The van der Waals surface area contributed by atoms with Gasteiger partial charge in [0, 0.05) is 10.9 Å². The first-order valence-corrected chi connectivity index (χ1v) is 8.81. The molecule has 0 saturated carbocycles. The average Bonchev–Trinajstić information content (AvgIpc) is 3.11. The second kappa shape index (κ2) is 7.96. The molecular weight excluding hydrogens is 359 g/mol. The fraction of sp³-hybridized carbons (Fsp3) is 0.0870. The summed E-state index contributed by atoms with van der Waals surface area (Å²) >= 11 is 0. The summed E-state index contributed by atoms with van der Waals surface area (Å²) in [6.07, 6.45) is 0. The maximum absolute atomic E-state index is 13.8. The Kier molecular flexibility index (Phi) is 5.06. The van der Waals surface area contributed by atoms with E-state index in [4.69, 9.17) is 13.9 Å². The maximum atomic E-state index is 13.8. The highest BCUT2D eigenvalue weighted by Gasteiger charge is 2.22. The second-order valence-corrected chi connectivity index (χ2v) is 6.18. The van der Waals surface area contributed by atoms with E-state index in [9.17, 15) is 9.18 Å². The van der Waals surface area contributed by atoms with Crippen LogP contribution in [0.2, 0.25) is 0 Å². The number of halogens is 1. The number of fused-ring (bicyclic) bond motifs is 1. The predicted molar refractivity (Wildman–Crippen MR) is 103 cm³/mol. The standard InChI is InChI=1S/C23H17FO4/c24-20-12-6-4-8-16(20)14-27-23(25)22-19(15-26-17-9-2-1-3-10-17)18-11-5-7-13-21(18)28-22/h1-13H,14-15H2. The second-order valence-electron chi connectivity index (χ2n) is 6.18. The number of benzene rings is 3. The number of rotatable bonds is 6. The molecule has 0 bridgehead atoms. The lowest BCUT2D eigenvalue weighted by Gasteiger charge is -2.08. The monoisotopic (exact) mass is 376 g/mol. The highest BCUT2D eigenvalue weighted by molar-refractivity contribution is 5.96. The molecule has 0 unspecified atom stereocenters. The van der Waals surface area contributed by atoms with Crippen molar-refractivity contribution in [3.63, 3.8) is 0 Å². The van der Waals surface area contributed by atoms with Crippen LogP contribution in [0.4, 0.5) is 4.39 Å². The van der Waals surface area contributed by atoms with Crippen LogP contribution in [0.5, 0.6) is 5.75 Å². The van der Waals surface area contributed by atoms with Gasteiger partial charge in [0.2, 0.25) is 5.76 Å². The van der Waals surface area contributed by atoms with Crippen molar-refractivity contribution < 1.29 is 23.1 Å². The Labute approximate surface area is 161 Å². The Balaban J connectivity index is 1.58.